The van der Waals surface area contributed by atoms with Gasteiger partial charge in [-0.25, -0.2) is 0 Å². The van der Waals surface area contributed by atoms with Crippen molar-refractivity contribution in [1.82, 2.24) is 0 Å². The van der Waals surface area contributed by atoms with Gasteiger partial charge in [0.25, 0.3) is 0 Å². The summed E-state index contributed by atoms with van der Waals surface area (Å²) in [6, 6.07) is 4.84. The fraction of sp³-hybridized carbons (Fsp3) is 0.400. The van der Waals surface area contributed by atoms with E-state index in [-0.39, 0.29) is 0 Å². The van der Waals surface area contributed by atoms with Gasteiger partial charge in [0.05, 0.1) is 19.0 Å². The lowest BCUT2D eigenvalue weighted by atomic mass is 10.2. The third kappa shape index (κ3) is 3.79. The molecular weight excluding hydrogens is 396 g/mol. The highest BCUT2D eigenvalue weighted by molar-refractivity contribution is 9.70. The molecule has 0 nitrogen and oxygen atoms in total. The van der Waals surface area contributed by atoms with Crippen LogP contribution in [0.15, 0.2) is 18.2 Å². The lowest BCUT2D eigenvalue weighted by Gasteiger charge is -2.25. The van der Waals surface area contributed by atoms with Crippen LogP contribution in [0.5, 0.6) is 0 Å². The van der Waals surface area contributed by atoms with Gasteiger partial charge in [-0.1, -0.05) is 37.8 Å². The molecule has 0 spiro atoms. The number of hydrogen-bond acceptors (Lipinski definition) is 0. The van der Waals surface area contributed by atoms with Crippen molar-refractivity contribution in [2.75, 3.05) is 0 Å². The Bertz CT molecular complexity index is 413. The highest BCUT2D eigenvalue weighted by atomic mass is 79.9. The molecule has 0 saturated heterocycles. The second kappa shape index (κ2) is 5.31. The predicted octanol–water partition coefficient (Wildman–Crippen LogP) is 4.98. The first-order valence-corrected chi connectivity index (χ1v) is 13.8. The Morgan fingerprint density at radius 3 is 2.00 bits per heavy atom. The summed E-state index contributed by atoms with van der Waals surface area (Å²) < 4.78 is 39.6. The molecule has 0 unspecified atom stereocenters. The molecule has 0 atom stereocenters. The summed E-state index contributed by atoms with van der Waals surface area (Å²) in [5.74, 6) is 0. The Hall–Kier alpha value is 0.617. The molecule has 1 aromatic carbocycles. The van der Waals surface area contributed by atoms with Crippen molar-refractivity contribution in [2.45, 2.75) is 25.8 Å². The van der Waals surface area contributed by atoms with Gasteiger partial charge in [-0.2, -0.15) is 13.2 Å². The summed E-state index contributed by atoms with van der Waals surface area (Å²) in [4.78, 5) is 0. The Morgan fingerprint density at radius 2 is 1.65 bits per heavy atom. The van der Waals surface area contributed by atoms with Gasteiger partial charge in [-0.15, -0.1) is 0 Å². The Balaban J connectivity index is 3.58. The number of benzene rings is 1. The molecule has 0 aliphatic heterocycles. The lowest BCUT2D eigenvalue weighted by molar-refractivity contribution is -0.135. The molecule has 0 amide bonds. The lowest BCUT2D eigenvalue weighted by Crippen LogP contribution is -2.44. The molecule has 0 aliphatic rings. The first kappa shape index (κ1) is 15.7. The van der Waals surface area contributed by atoms with Crippen LogP contribution in [-0.4, -0.2) is 8.07 Å². The quantitative estimate of drug-likeness (QED) is 0.479. The molecule has 0 fully saturated rings. The predicted molar refractivity (Wildman–Crippen MR) is 78.8 cm³/mol. The average molecular weight is 408 g/mol. The summed E-state index contributed by atoms with van der Waals surface area (Å²) in [5, 5.41) is -0.338. The third-order valence-corrected chi connectivity index (χ3v) is 7.38. The van der Waals surface area contributed by atoms with Crippen LogP contribution in [0.1, 0.15) is 5.56 Å². The molecule has 7 heteroatoms. The molecule has 0 aromatic heterocycles. The smallest absolute Gasteiger partial charge is 0.166 e. The van der Waals surface area contributed by atoms with Crippen molar-refractivity contribution < 1.29 is 13.2 Å². The molecule has 0 heterocycles. The number of hydrogen-bond donors (Lipinski definition) is 0. The molecule has 17 heavy (non-hydrogen) atoms. The third-order valence-electron chi connectivity index (χ3n) is 2.32. The molecule has 1 aromatic rings. The van der Waals surface area contributed by atoms with E-state index < -0.39 is 25.1 Å². The van der Waals surface area contributed by atoms with E-state index in [4.69, 9.17) is 0 Å². The van der Waals surface area contributed by atoms with Crippen molar-refractivity contribution in [3.8, 4) is 0 Å². The van der Waals surface area contributed by atoms with Crippen molar-refractivity contribution >= 4 is 54.9 Å². The Labute approximate surface area is 117 Å². The molecule has 0 radical (unpaired) electrons. The van der Waals surface area contributed by atoms with Crippen molar-refractivity contribution in [1.29, 1.82) is 0 Å². The SMILES string of the molecule is C[Si](C)(C)c1cccc(P(Br)Br)c1C(F)(F)F. The van der Waals surface area contributed by atoms with Crippen LogP contribution in [0.2, 0.25) is 19.6 Å². The number of alkyl halides is 3. The second-order valence-corrected chi connectivity index (χ2v) is 17.8. The van der Waals surface area contributed by atoms with Crippen LogP contribution in [0.4, 0.5) is 13.2 Å². The van der Waals surface area contributed by atoms with E-state index in [1.165, 1.54) is 6.07 Å². The largest absolute Gasteiger partial charge is 0.416 e. The molecule has 0 N–H and O–H groups in total. The Morgan fingerprint density at radius 1 is 1.12 bits per heavy atom. The monoisotopic (exact) mass is 406 g/mol. The fourth-order valence-corrected chi connectivity index (χ4v) is 5.72. The Kier molecular flexibility index (Phi) is 4.90. The zero-order valence-corrected chi connectivity index (χ0v) is 14.6. The summed E-state index contributed by atoms with van der Waals surface area (Å²) in [6.07, 6.45) is -4.30. The molecule has 96 valence electrons. The summed E-state index contributed by atoms with van der Waals surface area (Å²) in [5.41, 5.74) is -0.459. The van der Waals surface area contributed by atoms with E-state index in [2.05, 4.69) is 31.0 Å². The standard InChI is InChI=1S/C10H12Br2F3PSi/c1-17(2,3)8-6-4-5-7(16(11)12)9(8)10(13,14)15/h4-6H,1-3H3. The van der Waals surface area contributed by atoms with Gasteiger partial charge >= 0.3 is 6.18 Å². The maximum Gasteiger partial charge on any atom is 0.416 e. The van der Waals surface area contributed by atoms with E-state index in [9.17, 15) is 13.2 Å². The summed E-state index contributed by atoms with van der Waals surface area (Å²) in [7, 11) is -2.02. The van der Waals surface area contributed by atoms with Crippen LogP contribution in [-0.2, 0) is 6.18 Å². The van der Waals surface area contributed by atoms with E-state index in [0.29, 0.717) is 10.5 Å². The zero-order chi connectivity index (χ0) is 13.4. The highest BCUT2D eigenvalue weighted by Gasteiger charge is 2.40. The summed E-state index contributed by atoms with van der Waals surface area (Å²) >= 11 is 6.45. The van der Waals surface area contributed by atoms with Gasteiger partial charge in [-0.3, -0.25) is 0 Å². The minimum atomic E-state index is -4.30. The number of halogens is 5. The van der Waals surface area contributed by atoms with Gasteiger partial charge < -0.3 is 0 Å². The first-order chi connectivity index (χ1) is 7.55. The zero-order valence-electron chi connectivity index (χ0n) is 9.57. The van der Waals surface area contributed by atoms with Crippen LogP contribution >= 0.6 is 36.3 Å². The van der Waals surface area contributed by atoms with Gasteiger partial charge in [0, 0.05) is 5.30 Å². The average Bonchev–Trinajstić information content (AvgIpc) is 2.13. The molecule has 0 saturated carbocycles. The second-order valence-electron chi connectivity index (χ2n) is 4.68. The van der Waals surface area contributed by atoms with Crippen LogP contribution < -0.4 is 10.5 Å². The van der Waals surface area contributed by atoms with E-state index in [0.717, 1.165) is 0 Å². The number of rotatable bonds is 2. The maximum atomic E-state index is 13.2. The topological polar surface area (TPSA) is 0 Å². The normalized spacial score (nSPS) is 13.2. The molecular formula is C10H12Br2F3PSi. The van der Waals surface area contributed by atoms with Crippen molar-refractivity contribution in [2.24, 2.45) is 0 Å². The highest BCUT2D eigenvalue weighted by Crippen LogP contribution is 2.52. The van der Waals surface area contributed by atoms with E-state index >= 15 is 0 Å². The first-order valence-electron chi connectivity index (χ1n) is 4.87. The molecule has 0 aliphatic carbocycles. The van der Waals surface area contributed by atoms with Gasteiger partial charge in [-0.05, 0) is 36.2 Å². The van der Waals surface area contributed by atoms with Crippen LogP contribution in [0, 0.1) is 0 Å². The van der Waals surface area contributed by atoms with Gasteiger partial charge in [0.2, 0.25) is 0 Å². The van der Waals surface area contributed by atoms with Crippen LogP contribution in [0.3, 0.4) is 0 Å². The van der Waals surface area contributed by atoms with E-state index in [1.54, 1.807) is 12.1 Å². The van der Waals surface area contributed by atoms with Gasteiger partial charge in [0.1, 0.15) is 0 Å². The van der Waals surface area contributed by atoms with Crippen LogP contribution in [0.25, 0.3) is 0 Å². The minimum absolute atomic E-state index is 0.312. The van der Waals surface area contributed by atoms with Gasteiger partial charge in [0.15, 0.2) is 0 Å². The summed E-state index contributed by atoms with van der Waals surface area (Å²) in [6.45, 7) is 5.77. The molecule has 0 bridgehead atoms. The van der Waals surface area contributed by atoms with Crippen molar-refractivity contribution in [3.05, 3.63) is 23.8 Å². The maximum absolute atomic E-state index is 13.2. The van der Waals surface area contributed by atoms with Crippen molar-refractivity contribution in [3.63, 3.8) is 0 Å². The van der Waals surface area contributed by atoms with E-state index in [1.807, 2.05) is 19.6 Å². The fourth-order valence-electron chi connectivity index (χ4n) is 1.60. The minimum Gasteiger partial charge on any atom is -0.166 e. The molecule has 1 rings (SSSR count).